The molecule has 0 saturated heterocycles. The molecule has 0 atom stereocenters. The molecule has 1 aromatic carbocycles. The van der Waals surface area contributed by atoms with Gasteiger partial charge in [-0.3, -0.25) is 0 Å². The number of benzene rings is 1. The van der Waals surface area contributed by atoms with Crippen LogP contribution >= 0.6 is 27.5 Å². The Morgan fingerprint density at radius 3 is 2.96 bits per heavy atom. The molecule has 0 amide bonds. The summed E-state index contributed by atoms with van der Waals surface area (Å²) in [5.74, 6) is 0.539. The number of carbonyl (C=O) groups is 1. The molecule has 6 nitrogen and oxygen atoms in total. The predicted molar refractivity (Wildman–Crippen MR) is 90.0 cm³/mol. The average molecular weight is 410 g/mol. The molecule has 0 aliphatic carbocycles. The van der Waals surface area contributed by atoms with Gasteiger partial charge in [0.1, 0.15) is 5.76 Å². The molecule has 0 radical (unpaired) electrons. The van der Waals surface area contributed by atoms with Crippen molar-refractivity contribution in [1.82, 2.24) is 10.1 Å². The number of furan rings is 1. The molecule has 24 heavy (non-hydrogen) atoms. The van der Waals surface area contributed by atoms with E-state index in [1.165, 1.54) is 12.2 Å². The molecule has 122 valence electrons. The van der Waals surface area contributed by atoms with Crippen molar-refractivity contribution in [3.05, 3.63) is 63.8 Å². The first-order chi connectivity index (χ1) is 11.6. The topological polar surface area (TPSA) is 78.4 Å². The van der Waals surface area contributed by atoms with Crippen LogP contribution < -0.4 is 0 Å². The Morgan fingerprint density at radius 1 is 1.33 bits per heavy atom. The van der Waals surface area contributed by atoms with Crippen molar-refractivity contribution < 1.29 is 18.5 Å². The molecule has 0 unspecified atom stereocenters. The third-order valence-electron chi connectivity index (χ3n) is 2.87. The largest absolute Gasteiger partial charge is 0.452 e. The van der Waals surface area contributed by atoms with Crippen LogP contribution in [0.25, 0.3) is 17.5 Å². The molecule has 8 heteroatoms. The minimum Gasteiger partial charge on any atom is -0.452 e. The number of hydrogen-bond donors (Lipinski definition) is 0. The molecule has 3 aromatic rings. The minimum absolute atomic E-state index is 0.126. The fourth-order valence-corrected chi connectivity index (χ4v) is 2.32. The highest BCUT2D eigenvalue weighted by Gasteiger charge is 2.10. The van der Waals surface area contributed by atoms with Gasteiger partial charge in [-0.1, -0.05) is 28.9 Å². The number of ether oxygens (including phenoxy) is 1. The molecule has 3 rings (SSSR count). The Balaban J connectivity index is 1.57. The maximum Gasteiger partial charge on any atom is 0.331 e. The highest BCUT2D eigenvalue weighted by atomic mass is 79.9. The third kappa shape index (κ3) is 4.33. The van der Waals surface area contributed by atoms with Crippen molar-refractivity contribution in [2.24, 2.45) is 0 Å². The smallest absolute Gasteiger partial charge is 0.331 e. The summed E-state index contributed by atoms with van der Waals surface area (Å²) >= 11 is 9.09. The summed E-state index contributed by atoms with van der Waals surface area (Å²) in [6, 6.07) is 10.5. The monoisotopic (exact) mass is 408 g/mol. The Bertz CT molecular complexity index is 888. The van der Waals surface area contributed by atoms with Gasteiger partial charge in [0, 0.05) is 16.7 Å². The van der Waals surface area contributed by atoms with Gasteiger partial charge in [-0.25, -0.2) is 4.79 Å². The minimum atomic E-state index is -0.551. The van der Waals surface area contributed by atoms with E-state index in [1.807, 2.05) is 0 Å². The summed E-state index contributed by atoms with van der Waals surface area (Å²) in [4.78, 5) is 15.8. The molecule has 0 N–H and O–H groups in total. The number of halogens is 2. The zero-order chi connectivity index (χ0) is 16.9. The lowest BCUT2D eigenvalue weighted by atomic mass is 10.2. The van der Waals surface area contributed by atoms with E-state index in [1.54, 1.807) is 36.4 Å². The average Bonchev–Trinajstić information content (AvgIpc) is 3.20. The molecule has 2 heterocycles. The molecule has 0 saturated carbocycles. The van der Waals surface area contributed by atoms with Crippen LogP contribution in [0.2, 0.25) is 5.02 Å². The van der Waals surface area contributed by atoms with Crippen LogP contribution in [-0.4, -0.2) is 16.1 Å². The normalized spacial score (nSPS) is 11.1. The number of esters is 1. The van der Waals surface area contributed by atoms with Gasteiger partial charge in [0.05, 0.1) is 0 Å². The van der Waals surface area contributed by atoms with Gasteiger partial charge in [0.2, 0.25) is 5.82 Å². The van der Waals surface area contributed by atoms with Crippen molar-refractivity contribution in [3.8, 4) is 11.4 Å². The second kappa shape index (κ2) is 7.46. The van der Waals surface area contributed by atoms with E-state index < -0.39 is 5.97 Å². The fourth-order valence-electron chi connectivity index (χ4n) is 1.81. The van der Waals surface area contributed by atoms with E-state index >= 15 is 0 Å². The van der Waals surface area contributed by atoms with Gasteiger partial charge in [0.15, 0.2) is 11.3 Å². The van der Waals surface area contributed by atoms with Crippen molar-refractivity contribution in [2.75, 3.05) is 0 Å². The zero-order valence-corrected chi connectivity index (χ0v) is 14.5. The van der Waals surface area contributed by atoms with Crippen LogP contribution in [0.15, 0.2) is 56.1 Å². The van der Waals surface area contributed by atoms with E-state index in [2.05, 4.69) is 26.1 Å². The second-order valence-electron chi connectivity index (χ2n) is 4.60. The van der Waals surface area contributed by atoms with E-state index in [4.69, 9.17) is 25.3 Å². The summed E-state index contributed by atoms with van der Waals surface area (Å²) in [5.41, 5.74) is 0.715. The lowest BCUT2D eigenvalue weighted by molar-refractivity contribution is -0.139. The molecule has 0 aliphatic heterocycles. The Hall–Kier alpha value is -2.38. The first-order valence-electron chi connectivity index (χ1n) is 6.79. The predicted octanol–water partition coefficient (Wildman–Crippen LogP) is 4.50. The van der Waals surface area contributed by atoms with Crippen LogP contribution in [0.4, 0.5) is 0 Å². The van der Waals surface area contributed by atoms with E-state index in [0.717, 1.165) is 0 Å². The SMILES string of the molecule is O=C(/C=C/c1ccc(Br)o1)OCc1nc(-c2cccc(Cl)c2)no1. The van der Waals surface area contributed by atoms with Gasteiger partial charge >= 0.3 is 5.97 Å². The van der Waals surface area contributed by atoms with Crippen molar-refractivity contribution >= 4 is 39.6 Å². The molecule has 0 bridgehead atoms. The number of aromatic nitrogens is 2. The van der Waals surface area contributed by atoms with Gasteiger partial charge < -0.3 is 13.7 Å². The van der Waals surface area contributed by atoms with Crippen LogP contribution in [0.1, 0.15) is 11.7 Å². The quantitative estimate of drug-likeness (QED) is 0.456. The third-order valence-corrected chi connectivity index (χ3v) is 3.53. The van der Waals surface area contributed by atoms with E-state index in [0.29, 0.717) is 26.8 Å². The molecule has 2 aromatic heterocycles. The van der Waals surface area contributed by atoms with Crippen LogP contribution in [-0.2, 0) is 16.1 Å². The number of hydrogen-bond acceptors (Lipinski definition) is 6. The Kier molecular flexibility index (Phi) is 5.12. The number of rotatable bonds is 5. The van der Waals surface area contributed by atoms with Gasteiger partial charge in [-0.2, -0.15) is 4.98 Å². The highest BCUT2D eigenvalue weighted by molar-refractivity contribution is 9.10. The standard InChI is InChI=1S/C16H10BrClN2O4/c17-13-6-4-12(23-13)5-7-15(21)22-9-14-19-16(20-24-14)10-2-1-3-11(18)8-10/h1-8H,9H2/b7-5+. The summed E-state index contributed by atoms with van der Waals surface area (Å²) in [6.07, 6.45) is 2.75. The molecule has 0 aliphatic rings. The molecule has 0 spiro atoms. The molecule has 0 fully saturated rings. The molecular formula is C16H10BrClN2O4. The van der Waals surface area contributed by atoms with Gasteiger partial charge in [-0.15, -0.1) is 0 Å². The second-order valence-corrected chi connectivity index (χ2v) is 5.82. The Morgan fingerprint density at radius 2 is 2.21 bits per heavy atom. The van der Waals surface area contributed by atoms with Crippen molar-refractivity contribution in [1.29, 1.82) is 0 Å². The summed E-state index contributed by atoms with van der Waals surface area (Å²) in [6.45, 7) is -0.126. The number of nitrogens with zero attached hydrogens (tertiary/aromatic N) is 2. The maximum atomic E-state index is 11.6. The van der Waals surface area contributed by atoms with Gasteiger partial charge in [-0.05, 0) is 46.3 Å². The van der Waals surface area contributed by atoms with E-state index in [9.17, 15) is 4.79 Å². The maximum absolute atomic E-state index is 11.6. The van der Waals surface area contributed by atoms with Crippen LogP contribution in [0.5, 0.6) is 0 Å². The summed E-state index contributed by atoms with van der Waals surface area (Å²) in [5, 5.41) is 4.40. The zero-order valence-electron chi connectivity index (χ0n) is 12.1. The Labute approximate surface area is 150 Å². The highest BCUT2D eigenvalue weighted by Crippen LogP contribution is 2.20. The fraction of sp³-hybridized carbons (Fsp3) is 0.0625. The first-order valence-corrected chi connectivity index (χ1v) is 7.96. The van der Waals surface area contributed by atoms with Gasteiger partial charge in [0.25, 0.3) is 5.89 Å². The van der Waals surface area contributed by atoms with E-state index in [-0.39, 0.29) is 12.5 Å². The lowest BCUT2D eigenvalue weighted by Crippen LogP contribution is -2.00. The van der Waals surface area contributed by atoms with Crippen molar-refractivity contribution in [2.45, 2.75) is 6.61 Å². The van der Waals surface area contributed by atoms with Crippen LogP contribution in [0, 0.1) is 0 Å². The van der Waals surface area contributed by atoms with Crippen molar-refractivity contribution in [3.63, 3.8) is 0 Å². The number of carbonyl (C=O) groups excluding carboxylic acids is 1. The summed E-state index contributed by atoms with van der Waals surface area (Å²) in [7, 11) is 0. The molecular weight excluding hydrogens is 400 g/mol. The first kappa shape index (κ1) is 16.5. The lowest BCUT2D eigenvalue weighted by Gasteiger charge is -1.96. The summed E-state index contributed by atoms with van der Waals surface area (Å²) < 4.78 is 15.9. The van der Waals surface area contributed by atoms with Crippen LogP contribution in [0.3, 0.4) is 0 Å².